The van der Waals surface area contributed by atoms with E-state index >= 15 is 0 Å². The van der Waals surface area contributed by atoms with Gasteiger partial charge in [0.15, 0.2) is 5.58 Å². The molecule has 1 heterocycles. The second-order valence-corrected chi connectivity index (χ2v) is 17.6. The first-order valence-electron chi connectivity index (χ1n) is 19.5. The number of para-hydroxylation sites is 2. The monoisotopic (exact) mass is 711 g/mol. The largest absolute Gasteiger partial charge is 0.454 e. The molecule has 0 amide bonds. The van der Waals surface area contributed by atoms with Crippen LogP contribution in [0.25, 0.3) is 76.9 Å². The molecule has 1 aromatic heterocycles. The fourth-order valence-electron chi connectivity index (χ4n) is 8.53. The summed E-state index contributed by atoms with van der Waals surface area (Å²) in [5, 5.41) is 7.27. The number of rotatable bonds is 4. The first-order valence-corrected chi connectivity index (χ1v) is 19.5. The molecule has 1 aliphatic carbocycles. The highest BCUT2D eigenvalue weighted by atomic mass is 16.3. The first kappa shape index (κ1) is 33.4. The molecule has 268 valence electrons. The van der Waals surface area contributed by atoms with Crippen molar-refractivity contribution < 1.29 is 4.42 Å². The van der Waals surface area contributed by atoms with E-state index in [0.29, 0.717) is 0 Å². The van der Waals surface area contributed by atoms with Crippen LogP contribution in [-0.2, 0) is 10.8 Å². The minimum absolute atomic E-state index is 0.00200. The number of nitrogens with zero attached hydrogens (tertiary/aromatic N) is 1. The molecule has 0 atom stereocenters. The highest BCUT2D eigenvalue weighted by Crippen LogP contribution is 2.51. The van der Waals surface area contributed by atoms with Crippen LogP contribution in [0.5, 0.6) is 0 Å². The van der Waals surface area contributed by atoms with Gasteiger partial charge in [-0.25, -0.2) is 0 Å². The van der Waals surface area contributed by atoms with Crippen LogP contribution in [0.2, 0.25) is 0 Å². The van der Waals surface area contributed by atoms with E-state index < -0.39 is 0 Å². The molecule has 9 aromatic rings. The summed E-state index contributed by atoms with van der Waals surface area (Å²) in [6, 6.07) is 54.2. The van der Waals surface area contributed by atoms with Crippen molar-refractivity contribution in [3.05, 3.63) is 162 Å². The van der Waals surface area contributed by atoms with Crippen molar-refractivity contribution in [1.82, 2.24) is 0 Å². The Morgan fingerprint density at radius 1 is 0.436 bits per heavy atom. The normalized spacial score (nSPS) is 12.6. The molecule has 0 saturated heterocycles. The van der Waals surface area contributed by atoms with E-state index in [0.717, 1.165) is 39.0 Å². The predicted octanol–water partition coefficient (Wildman–Crippen LogP) is 15.6. The Hall–Kier alpha value is -6.12. The molecule has 0 spiro atoms. The number of furan rings is 1. The third-order valence-electron chi connectivity index (χ3n) is 11.8. The van der Waals surface area contributed by atoms with Gasteiger partial charge in [-0.15, -0.1) is 0 Å². The molecule has 0 unspecified atom stereocenters. The Balaban J connectivity index is 1.08. The van der Waals surface area contributed by atoms with Crippen LogP contribution >= 0.6 is 0 Å². The zero-order valence-electron chi connectivity index (χ0n) is 32.7. The van der Waals surface area contributed by atoms with Crippen molar-refractivity contribution in [1.29, 1.82) is 0 Å². The molecular formula is C53H45NO. The van der Waals surface area contributed by atoms with E-state index in [-0.39, 0.29) is 10.8 Å². The Labute approximate surface area is 323 Å². The van der Waals surface area contributed by atoms with Gasteiger partial charge in [0.25, 0.3) is 0 Å². The van der Waals surface area contributed by atoms with Gasteiger partial charge < -0.3 is 9.32 Å². The third-order valence-corrected chi connectivity index (χ3v) is 11.8. The number of aryl methyl sites for hydroxylation is 1. The number of benzene rings is 8. The summed E-state index contributed by atoms with van der Waals surface area (Å²) in [5.41, 5.74) is 16.9. The van der Waals surface area contributed by atoms with Crippen molar-refractivity contribution in [3.8, 4) is 33.4 Å². The third kappa shape index (κ3) is 5.46. The van der Waals surface area contributed by atoms with Crippen molar-refractivity contribution in [2.75, 3.05) is 4.90 Å². The molecule has 0 N–H and O–H groups in total. The molecule has 0 saturated carbocycles. The molecule has 0 fully saturated rings. The molecule has 55 heavy (non-hydrogen) atoms. The lowest BCUT2D eigenvalue weighted by Gasteiger charge is -2.30. The SMILES string of the molecule is Cc1ccc(C(C)(C)C)cc1N(c1ccc2cc3c(cc2c1)-c1cc2ccc(-c4ccc(C(C)(C)C)cc4)cc2cc1-3)c1cccc2c1oc1ccccc12. The molecular weight excluding hydrogens is 667 g/mol. The van der Waals surface area contributed by atoms with E-state index in [4.69, 9.17) is 4.42 Å². The Kier molecular flexibility index (Phi) is 7.26. The second kappa shape index (κ2) is 11.9. The average molecular weight is 712 g/mol. The van der Waals surface area contributed by atoms with Gasteiger partial charge in [-0.2, -0.15) is 0 Å². The van der Waals surface area contributed by atoms with Crippen LogP contribution in [0.3, 0.4) is 0 Å². The van der Waals surface area contributed by atoms with E-state index in [1.54, 1.807) is 0 Å². The van der Waals surface area contributed by atoms with Gasteiger partial charge in [-0.05, 0) is 150 Å². The Morgan fingerprint density at radius 3 is 1.71 bits per heavy atom. The summed E-state index contributed by atoms with van der Waals surface area (Å²) in [4.78, 5) is 2.41. The quantitative estimate of drug-likeness (QED) is 0.181. The standard InChI is InChI=1S/C53H45NO/c1-32-15-21-40(53(5,6)7)31-49(32)54(48-13-10-12-43-42-11-8-9-14-50(42)55-51(43)48)41-24-20-36-28-45-46-29-37-25-34(33-18-22-39(23-19-33)52(2,3)4)16-17-35(37)27-44(46)47(45)30-38(36)26-41/h8-31H,1-7H3. The number of hydrogen-bond acceptors (Lipinski definition) is 2. The van der Waals surface area contributed by atoms with Gasteiger partial charge in [0, 0.05) is 22.1 Å². The zero-order chi connectivity index (χ0) is 37.8. The van der Waals surface area contributed by atoms with Crippen molar-refractivity contribution >= 4 is 60.5 Å². The molecule has 2 heteroatoms. The lowest BCUT2D eigenvalue weighted by molar-refractivity contribution is 0.590. The topological polar surface area (TPSA) is 16.4 Å². The van der Waals surface area contributed by atoms with Gasteiger partial charge in [0.05, 0.1) is 5.69 Å². The maximum atomic E-state index is 6.66. The smallest absolute Gasteiger partial charge is 0.159 e. The summed E-state index contributed by atoms with van der Waals surface area (Å²) >= 11 is 0. The summed E-state index contributed by atoms with van der Waals surface area (Å²) in [7, 11) is 0. The maximum absolute atomic E-state index is 6.66. The van der Waals surface area contributed by atoms with Gasteiger partial charge in [-0.1, -0.05) is 126 Å². The molecule has 0 aliphatic heterocycles. The lowest BCUT2D eigenvalue weighted by Crippen LogP contribution is -2.15. The van der Waals surface area contributed by atoms with Gasteiger partial charge >= 0.3 is 0 Å². The lowest BCUT2D eigenvalue weighted by atomic mass is 9.77. The zero-order valence-corrected chi connectivity index (χ0v) is 32.7. The molecule has 0 radical (unpaired) electrons. The van der Waals surface area contributed by atoms with Crippen LogP contribution in [0.1, 0.15) is 58.2 Å². The molecule has 10 rings (SSSR count). The van der Waals surface area contributed by atoms with Crippen LogP contribution in [0.15, 0.2) is 150 Å². The summed E-state index contributed by atoms with van der Waals surface area (Å²) in [6.45, 7) is 15.9. The Morgan fingerprint density at radius 2 is 1.02 bits per heavy atom. The molecule has 1 aliphatic rings. The van der Waals surface area contributed by atoms with Crippen LogP contribution in [0, 0.1) is 6.92 Å². The van der Waals surface area contributed by atoms with Crippen LogP contribution in [0.4, 0.5) is 17.1 Å². The van der Waals surface area contributed by atoms with Crippen molar-refractivity contribution in [3.63, 3.8) is 0 Å². The van der Waals surface area contributed by atoms with E-state index in [9.17, 15) is 0 Å². The predicted molar refractivity (Wildman–Crippen MR) is 235 cm³/mol. The summed E-state index contributed by atoms with van der Waals surface area (Å²) in [5.74, 6) is 0. The number of hydrogen-bond donors (Lipinski definition) is 0. The molecule has 0 bridgehead atoms. The summed E-state index contributed by atoms with van der Waals surface area (Å²) in [6.07, 6.45) is 0. The van der Waals surface area contributed by atoms with Crippen molar-refractivity contribution in [2.45, 2.75) is 59.3 Å². The minimum Gasteiger partial charge on any atom is -0.454 e. The van der Waals surface area contributed by atoms with Crippen molar-refractivity contribution in [2.24, 2.45) is 0 Å². The Bertz CT molecular complexity index is 3000. The van der Waals surface area contributed by atoms with E-state index in [1.165, 1.54) is 71.6 Å². The minimum atomic E-state index is 0.00200. The molecule has 8 aromatic carbocycles. The van der Waals surface area contributed by atoms with Crippen LogP contribution in [-0.4, -0.2) is 0 Å². The highest BCUT2D eigenvalue weighted by Gasteiger charge is 2.26. The maximum Gasteiger partial charge on any atom is 0.159 e. The number of fused-ring (bicyclic) bond motifs is 9. The van der Waals surface area contributed by atoms with Gasteiger partial charge in [-0.3, -0.25) is 0 Å². The average Bonchev–Trinajstić information content (AvgIpc) is 3.56. The highest BCUT2D eigenvalue weighted by molar-refractivity contribution is 6.13. The first-order chi connectivity index (χ1) is 26.4. The summed E-state index contributed by atoms with van der Waals surface area (Å²) < 4.78 is 6.66. The van der Waals surface area contributed by atoms with E-state index in [1.807, 2.05) is 6.07 Å². The van der Waals surface area contributed by atoms with E-state index in [2.05, 4.69) is 193 Å². The molecule has 2 nitrogen and oxygen atoms in total. The second-order valence-electron chi connectivity index (χ2n) is 17.6. The van der Waals surface area contributed by atoms with Gasteiger partial charge in [0.1, 0.15) is 5.58 Å². The fraction of sp³-hybridized carbons (Fsp3) is 0.170. The number of anilines is 3. The fourth-order valence-corrected chi connectivity index (χ4v) is 8.53. The van der Waals surface area contributed by atoms with Crippen LogP contribution < -0.4 is 4.90 Å². The van der Waals surface area contributed by atoms with Gasteiger partial charge in [0.2, 0.25) is 0 Å².